The maximum absolute atomic E-state index is 12.3. The molecular formula is C25H34N2O7. The van der Waals surface area contributed by atoms with E-state index in [1.165, 1.54) is 0 Å². The predicted octanol–water partition coefficient (Wildman–Crippen LogP) is 2.60. The van der Waals surface area contributed by atoms with E-state index in [1.54, 1.807) is 0 Å². The highest BCUT2D eigenvalue weighted by molar-refractivity contribution is 6.27. The number of nitrogens with two attached hydrogens (primary N) is 1. The highest BCUT2D eigenvalue weighted by atomic mass is 16.6. The summed E-state index contributed by atoms with van der Waals surface area (Å²) in [5.74, 6) is -3.65. The average molecular weight is 475 g/mol. The number of ether oxygens (including phenoxy) is 1. The molecule has 1 amide bonds. The van der Waals surface area contributed by atoms with Gasteiger partial charge >= 0.3 is 18.0 Å². The van der Waals surface area contributed by atoms with Crippen LogP contribution in [0.4, 0.5) is 4.79 Å². The fourth-order valence-electron chi connectivity index (χ4n) is 3.05. The summed E-state index contributed by atoms with van der Waals surface area (Å²) in [6.07, 6.45) is 0.283. The number of carboxylic acid groups (broad SMARTS) is 2. The van der Waals surface area contributed by atoms with Gasteiger partial charge in [0.15, 0.2) is 0 Å². The summed E-state index contributed by atoms with van der Waals surface area (Å²) >= 11 is 0. The number of aliphatic hydroxyl groups excluding tert-OH is 1. The minimum absolute atomic E-state index is 0.283. The molecule has 0 aromatic heterocycles. The number of nitrogens with one attached hydrogen (secondary N) is 1. The van der Waals surface area contributed by atoms with E-state index in [9.17, 15) is 9.90 Å². The van der Waals surface area contributed by atoms with E-state index in [0.29, 0.717) is 19.3 Å². The lowest BCUT2D eigenvalue weighted by Crippen LogP contribution is -2.46. The van der Waals surface area contributed by atoms with Crippen LogP contribution in [-0.4, -0.2) is 57.1 Å². The predicted molar refractivity (Wildman–Crippen MR) is 127 cm³/mol. The van der Waals surface area contributed by atoms with Gasteiger partial charge in [-0.2, -0.15) is 0 Å². The van der Waals surface area contributed by atoms with Gasteiger partial charge in [-0.1, -0.05) is 60.7 Å². The lowest BCUT2D eigenvalue weighted by atomic mass is 9.94. The molecular weight excluding hydrogens is 440 g/mol. The van der Waals surface area contributed by atoms with Crippen LogP contribution in [0.2, 0.25) is 0 Å². The normalized spacial score (nSPS) is 13.4. The van der Waals surface area contributed by atoms with Gasteiger partial charge < -0.3 is 31.1 Å². The summed E-state index contributed by atoms with van der Waals surface area (Å²) in [7, 11) is 0. The maximum atomic E-state index is 12.3. The minimum atomic E-state index is -1.82. The molecule has 2 aromatic carbocycles. The third-order valence-electron chi connectivity index (χ3n) is 4.56. The van der Waals surface area contributed by atoms with Crippen LogP contribution in [0.5, 0.6) is 0 Å². The van der Waals surface area contributed by atoms with E-state index >= 15 is 0 Å². The van der Waals surface area contributed by atoms with Crippen LogP contribution in [0, 0.1) is 0 Å². The lowest BCUT2D eigenvalue weighted by Gasteiger charge is -2.27. The topological polar surface area (TPSA) is 159 Å². The first-order valence-electron chi connectivity index (χ1n) is 10.8. The second-order valence-corrected chi connectivity index (χ2v) is 8.80. The Kier molecular flexibility index (Phi) is 11.8. The van der Waals surface area contributed by atoms with Gasteiger partial charge in [0.25, 0.3) is 0 Å². The number of benzene rings is 2. The van der Waals surface area contributed by atoms with Crippen molar-refractivity contribution in [3.63, 3.8) is 0 Å². The van der Waals surface area contributed by atoms with Crippen molar-refractivity contribution >= 4 is 18.0 Å². The number of aliphatic carboxylic acids is 2. The molecule has 34 heavy (non-hydrogen) atoms. The first-order chi connectivity index (χ1) is 15.9. The van der Waals surface area contributed by atoms with E-state index in [0.717, 1.165) is 11.1 Å². The molecule has 0 bridgehead atoms. The SMILES string of the molecule is CC(C)(C)OC(=O)NC(Cc1ccccc1)CC(O)C(N)Cc1ccccc1.O=C(O)C(=O)O. The number of rotatable bonds is 8. The summed E-state index contributed by atoms with van der Waals surface area (Å²) in [5, 5.41) is 28.3. The number of carbonyl (C=O) groups is 3. The van der Waals surface area contributed by atoms with E-state index in [4.69, 9.17) is 30.3 Å². The molecule has 0 saturated heterocycles. The Balaban J connectivity index is 0.000000852. The van der Waals surface area contributed by atoms with Crippen molar-refractivity contribution in [1.82, 2.24) is 5.32 Å². The summed E-state index contributed by atoms with van der Waals surface area (Å²) in [6, 6.07) is 19.0. The number of carboxylic acids is 2. The molecule has 0 radical (unpaired) electrons. The molecule has 9 heteroatoms. The zero-order valence-electron chi connectivity index (χ0n) is 19.7. The molecule has 0 heterocycles. The molecule has 0 fully saturated rings. The quantitative estimate of drug-likeness (QED) is 0.365. The largest absolute Gasteiger partial charge is 0.473 e. The monoisotopic (exact) mass is 474 g/mol. The van der Waals surface area contributed by atoms with Crippen LogP contribution < -0.4 is 11.1 Å². The van der Waals surface area contributed by atoms with Gasteiger partial charge in [0, 0.05) is 12.1 Å². The fourth-order valence-corrected chi connectivity index (χ4v) is 3.05. The number of hydrogen-bond acceptors (Lipinski definition) is 6. The van der Waals surface area contributed by atoms with Crippen molar-refractivity contribution in [3.05, 3.63) is 71.8 Å². The van der Waals surface area contributed by atoms with Crippen LogP contribution >= 0.6 is 0 Å². The van der Waals surface area contributed by atoms with Crippen LogP contribution in [0.25, 0.3) is 0 Å². The van der Waals surface area contributed by atoms with Crippen molar-refractivity contribution in [3.8, 4) is 0 Å². The standard InChI is InChI=1S/C23H32N2O3.C2H2O4/c1-23(2,3)28-22(27)25-19(14-17-10-6-4-7-11-17)16-21(26)20(24)15-18-12-8-5-9-13-18;3-1(4)2(5)6/h4-13,19-21,26H,14-16,24H2,1-3H3,(H,25,27);(H,3,4)(H,5,6). The zero-order valence-corrected chi connectivity index (χ0v) is 19.7. The van der Waals surface area contributed by atoms with Crippen molar-refractivity contribution in [1.29, 1.82) is 0 Å². The van der Waals surface area contributed by atoms with E-state index in [2.05, 4.69) is 5.32 Å². The maximum Gasteiger partial charge on any atom is 0.414 e. The molecule has 9 nitrogen and oxygen atoms in total. The second kappa shape index (κ2) is 14.0. The Morgan fingerprint density at radius 1 is 0.882 bits per heavy atom. The average Bonchev–Trinajstić information content (AvgIpc) is 2.74. The molecule has 0 aliphatic carbocycles. The van der Waals surface area contributed by atoms with Gasteiger partial charge in [0.1, 0.15) is 5.60 Å². The summed E-state index contributed by atoms with van der Waals surface area (Å²) < 4.78 is 5.38. The van der Waals surface area contributed by atoms with Gasteiger partial charge in [0.05, 0.1) is 6.10 Å². The lowest BCUT2D eigenvalue weighted by molar-refractivity contribution is -0.159. The van der Waals surface area contributed by atoms with Crippen LogP contribution in [0.15, 0.2) is 60.7 Å². The first kappa shape index (κ1) is 28.6. The van der Waals surface area contributed by atoms with Crippen molar-refractivity contribution in [2.45, 2.75) is 63.8 Å². The smallest absolute Gasteiger partial charge is 0.414 e. The summed E-state index contributed by atoms with van der Waals surface area (Å²) in [6.45, 7) is 5.47. The van der Waals surface area contributed by atoms with Crippen molar-refractivity contribution < 1.29 is 34.4 Å². The third kappa shape index (κ3) is 12.6. The Labute approximate surface area is 199 Å². The number of aliphatic hydroxyl groups is 1. The highest BCUT2D eigenvalue weighted by Crippen LogP contribution is 2.14. The zero-order chi connectivity index (χ0) is 25.7. The third-order valence-corrected chi connectivity index (χ3v) is 4.56. The molecule has 3 atom stereocenters. The second-order valence-electron chi connectivity index (χ2n) is 8.80. The summed E-state index contributed by atoms with van der Waals surface area (Å²) in [5.41, 5.74) is 7.80. The Morgan fingerprint density at radius 3 is 1.74 bits per heavy atom. The number of alkyl carbamates (subject to hydrolysis) is 1. The number of carbonyl (C=O) groups excluding carboxylic acids is 1. The molecule has 3 unspecified atom stereocenters. The molecule has 0 saturated carbocycles. The number of hydrogen-bond donors (Lipinski definition) is 5. The molecule has 0 aliphatic heterocycles. The Bertz CT molecular complexity index is 886. The van der Waals surface area contributed by atoms with E-state index in [-0.39, 0.29) is 6.04 Å². The van der Waals surface area contributed by atoms with Crippen LogP contribution in [0.3, 0.4) is 0 Å². The Hall–Kier alpha value is -3.43. The van der Waals surface area contributed by atoms with Crippen LogP contribution in [0.1, 0.15) is 38.3 Å². The van der Waals surface area contributed by atoms with E-state index in [1.807, 2.05) is 81.4 Å². The first-order valence-corrected chi connectivity index (χ1v) is 10.8. The van der Waals surface area contributed by atoms with Crippen molar-refractivity contribution in [2.24, 2.45) is 5.73 Å². The number of amides is 1. The van der Waals surface area contributed by atoms with Crippen molar-refractivity contribution in [2.75, 3.05) is 0 Å². The van der Waals surface area contributed by atoms with Gasteiger partial charge in [0.2, 0.25) is 0 Å². The Morgan fingerprint density at radius 2 is 1.32 bits per heavy atom. The molecule has 6 N–H and O–H groups in total. The molecule has 0 spiro atoms. The molecule has 186 valence electrons. The van der Waals surface area contributed by atoms with E-state index < -0.39 is 35.8 Å². The molecule has 2 aromatic rings. The minimum Gasteiger partial charge on any atom is -0.473 e. The van der Waals surface area contributed by atoms with Gasteiger partial charge in [-0.05, 0) is 51.2 Å². The van der Waals surface area contributed by atoms with Crippen LogP contribution in [-0.2, 0) is 27.2 Å². The molecule has 2 rings (SSSR count). The van der Waals surface area contributed by atoms with Gasteiger partial charge in [-0.25, -0.2) is 14.4 Å². The molecule has 0 aliphatic rings. The van der Waals surface area contributed by atoms with Gasteiger partial charge in [-0.15, -0.1) is 0 Å². The highest BCUT2D eigenvalue weighted by Gasteiger charge is 2.24. The van der Waals surface area contributed by atoms with Gasteiger partial charge in [-0.3, -0.25) is 0 Å². The summed E-state index contributed by atoms with van der Waals surface area (Å²) in [4.78, 5) is 30.5. The fraction of sp³-hybridized carbons (Fsp3) is 0.400.